The molecule has 0 fully saturated rings. The molecule has 0 aliphatic carbocycles. The van der Waals surface area contributed by atoms with Crippen LogP contribution in [-0.2, 0) is 17.9 Å². The third-order valence-corrected chi connectivity index (χ3v) is 1.70. The molecule has 0 aromatic carbocycles. The van der Waals surface area contributed by atoms with Crippen molar-refractivity contribution >= 4 is 0 Å². The van der Waals surface area contributed by atoms with Crippen LogP contribution in [0.5, 0.6) is 0 Å². The van der Waals surface area contributed by atoms with Crippen molar-refractivity contribution in [1.29, 1.82) is 0 Å². The summed E-state index contributed by atoms with van der Waals surface area (Å²) in [5, 5.41) is 4.38. The number of hydrogen-bond acceptors (Lipinski definition) is 2. The van der Waals surface area contributed by atoms with E-state index in [4.69, 9.17) is 4.74 Å². The van der Waals surface area contributed by atoms with Gasteiger partial charge >= 0.3 is 0 Å². The average molecular weight is 182 g/mol. The van der Waals surface area contributed by atoms with Gasteiger partial charge in [-0.1, -0.05) is 13.8 Å². The number of aromatic nitrogens is 2. The molecule has 74 valence electrons. The summed E-state index contributed by atoms with van der Waals surface area (Å²) in [6.07, 6.45) is 2.01. The van der Waals surface area contributed by atoms with Crippen molar-refractivity contribution in [3.05, 3.63) is 18.0 Å². The van der Waals surface area contributed by atoms with E-state index < -0.39 is 0 Å². The maximum absolute atomic E-state index is 5.26. The van der Waals surface area contributed by atoms with Crippen LogP contribution in [-0.4, -0.2) is 16.4 Å². The molecule has 3 nitrogen and oxygen atoms in total. The van der Waals surface area contributed by atoms with Gasteiger partial charge in [0.2, 0.25) is 0 Å². The first-order valence-electron chi connectivity index (χ1n) is 4.82. The highest BCUT2D eigenvalue weighted by atomic mass is 16.5. The van der Waals surface area contributed by atoms with E-state index in [1.165, 1.54) is 0 Å². The van der Waals surface area contributed by atoms with Gasteiger partial charge in [0, 0.05) is 19.3 Å². The molecule has 3 heteroatoms. The lowest BCUT2D eigenvalue weighted by Crippen LogP contribution is -2.05. The normalized spacial score (nSPS) is 11.1. The number of hydrogen-bond donors (Lipinski definition) is 0. The molecule has 0 bridgehead atoms. The highest BCUT2D eigenvalue weighted by Gasteiger charge is 2.00. The predicted octanol–water partition coefficient (Wildman–Crippen LogP) is 2.08. The lowest BCUT2D eigenvalue weighted by atomic mass is 10.2. The molecule has 0 saturated heterocycles. The second kappa shape index (κ2) is 5.02. The van der Waals surface area contributed by atoms with Crippen LogP contribution in [0.15, 0.2) is 12.3 Å². The zero-order chi connectivity index (χ0) is 9.68. The second-order valence-electron chi connectivity index (χ2n) is 3.56. The summed E-state index contributed by atoms with van der Waals surface area (Å²) in [6, 6.07) is 2.01. The van der Waals surface area contributed by atoms with Gasteiger partial charge in [0.1, 0.15) is 0 Å². The van der Waals surface area contributed by atoms with Gasteiger partial charge in [-0.05, 0) is 18.9 Å². The molecule has 0 spiro atoms. The second-order valence-corrected chi connectivity index (χ2v) is 3.56. The molecular formula is C10H18N2O. The molecule has 0 aliphatic heterocycles. The molecule has 0 unspecified atom stereocenters. The minimum atomic E-state index is 0.627. The third kappa shape index (κ3) is 3.59. The largest absolute Gasteiger partial charge is 0.375 e. The van der Waals surface area contributed by atoms with Crippen LogP contribution < -0.4 is 0 Å². The van der Waals surface area contributed by atoms with Gasteiger partial charge < -0.3 is 4.74 Å². The summed E-state index contributed by atoms with van der Waals surface area (Å²) in [5.41, 5.74) is 1.02. The Morgan fingerprint density at radius 1 is 1.54 bits per heavy atom. The Kier molecular flexibility index (Phi) is 3.96. The van der Waals surface area contributed by atoms with Gasteiger partial charge in [-0.2, -0.15) is 5.10 Å². The van der Waals surface area contributed by atoms with Crippen LogP contribution >= 0.6 is 0 Å². The quantitative estimate of drug-likeness (QED) is 0.697. The van der Waals surface area contributed by atoms with E-state index in [1.54, 1.807) is 0 Å². The molecular weight excluding hydrogens is 164 g/mol. The molecule has 0 aliphatic rings. The third-order valence-electron chi connectivity index (χ3n) is 1.70. The highest BCUT2D eigenvalue weighted by Crippen LogP contribution is 2.01. The van der Waals surface area contributed by atoms with E-state index in [-0.39, 0.29) is 0 Å². The van der Waals surface area contributed by atoms with Crippen molar-refractivity contribution in [2.75, 3.05) is 6.61 Å². The van der Waals surface area contributed by atoms with Gasteiger partial charge in [-0.15, -0.1) is 0 Å². The van der Waals surface area contributed by atoms with Crippen LogP contribution in [0.2, 0.25) is 0 Å². The Morgan fingerprint density at radius 3 is 2.92 bits per heavy atom. The first kappa shape index (κ1) is 10.3. The van der Waals surface area contributed by atoms with Crippen LogP contribution in [0.25, 0.3) is 0 Å². The molecule has 0 radical (unpaired) electrons. The predicted molar refractivity (Wildman–Crippen MR) is 52.4 cm³/mol. The lowest BCUT2D eigenvalue weighted by molar-refractivity contribution is 0.130. The molecule has 0 N–H and O–H groups in total. The molecule has 0 amide bonds. The van der Waals surface area contributed by atoms with E-state index in [1.807, 2.05) is 23.9 Å². The Hall–Kier alpha value is -0.830. The van der Waals surface area contributed by atoms with Crippen molar-refractivity contribution in [2.24, 2.45) is 5.92 Å². The zero-order valence-electron chi connectivity index (χ0n) is 8.66. The van der Waals surface area contributed by atoms with Gasteiger partial charge in [0.05, 0.1) is 12.3 Å². The van der Waals surface area contributed by atoms with Crippen molar-refractivity contribution < 1.29 is 4.74 Å². The standard InChI is InChI=1S/C10H18N2O/c1-4-13-8-10-5-6-12(11-10)7-9(2)3/h5-6,9H,4,7-8H2,1-3H3. The van der Waals surface area contributed by atoms with Crippen LogP contribution in [0.3, 0.4) is 0 Å². The Labute approximate surface area is 79.7 Å². The van der Waals surface area contributed by atoms with Gasteiger partial charge in [0.15, 0.2) is 0 Å². The van der Waals surface area contributed by atoms with Gasteiger partial charge in [0.25, 0.3) is 0 Å². The summed E-state index contributed by atoms with van der Waals surface area (Å²) >= 11 is 0. The molecule has 0 atom stereocenters. The van der Waals surface area contributed by atoms with Crippen molar-refractivity contribution in [1.82, 2.24) is 9.78 Å². The first-order valence-corrected chi connectivity index (χ1v) is 4.82. The minimum absolute atomic E-state index is 0.627. The molecule has 0 saturated carbocycles. The van der Waals surface area contributed by atoms with Crippen molar-refractivity contribution in [3.63, 3.8) is 0 Å². The minimum Gasteiger partial charge on any atom is -0.375 e. The summed E-state index contributed by atoms with van der Waals surface area (Å²) in [7, 11) is 0. The van der Waals surface area contributed by atoms with E-state index in [0.29, 0.717) is 12.5 Å². The van der Waals surface area contributed by atoms with Crippen LogP contribution in [0, 0.1) is 5.92 Å². The van der Waals surface area contributed by atoms with E-state index in [9.17, 15) is 0 Å². The maximum Gasteiger partial charge on any atom is 0.0906 e. The molecule has 1 heterocycles. The fourth-order valence-electron chi connectivity index (χ4n) is 1.16. The fourth-order valence-corrected chi connectivity index (χ4v) is 1.16. The zero-order valence-corrected chi connectivity index (χ0v) is 8.66. The SMILES string of the molecule is CCOCc1ccn(CC(C)C)n1. The van der Waals surface area contributed by atoms with Gasteiger partial charge in [-0.25, -0.2) is 0 Å². The number of nitrogens with zero attached hydrogens (tertiary/aromatic N) is 2. The lowest BCUT2D eigenvalue weighted by Gasteiger charge is -2.03. The summed E-state index contributed by atoms with van der Waals surface area (Å²) < 4.78 is 7.23. The molecule has 1 rings (SSSR count). The molecule has 1 aromatic heterocycles. The number of ether oxygens (including phenoxy) is 1. The van der Waals surface area contributed by atoms with E-state index >= 15 is 0 Å². The summed E-state index contributed by atoms with van der Waals surface area (Å²) in [6.45, 7) is 8.71. The van der Waals surface area contributed by atoms with E-state index in [2.05, 4.69) is 18.9 Å². The number of rotatable bonds is 5. The van der Waals surface area contributed by atoms with Gasteiger partial charge in [-0.3, -0.25) is 4.68 Å². The molecule has 13 heavy (non-hydrogen) atoms. The molecule has 1 aromatic rings. The Balaban J connectivity index is 2.44. The van der Waals surface area contributed by atoms with Crippen LogP contribution in [0.4, 0.5) is 0 Å². The highest BCUT2D eigenvalue weighted by molar-refractivity contribution is 4.96. The maximum atomic E-state index is 5.26. The topological polar surface area (TPSA) is 27.1 Å². The fraction of sp³-hybridized carbons (Fsp3) is 0.700. The van der Waals surface area contributed by atoms with Crippen LogP contribution in [0.1, 0.15) is 26.5 Å². The smallest absolute Gasteiger partial charge is 0.0906 e. The summed E-state index contributed by atoms with van der Waals surface area (Å²) in [5.74, 6) is 0.639. The summed E-state index contributed by atoms with van der Waals surface area (Å²) in [4.78, 5) is 0. The Bertz CT molecular complexity index is 243. The van der Waals surface area contributed by atoms with Crippen molar-refractivity contribution in [3.8, 4) is 0 Å². The Morgan fingerprint density at radius 2 is 2.31 bits per heavy atom. The monoisotopic (exact) mass is 182 g/mol. The first-order chi connectivity index (χ1) is 6.22. The van der Waals surface area contributed by atoms with E-state index in [0.717, 1.165) is 18.8 Å². The average Bonchev–Trinajstić information content (AvgIpc) is 2.48. The van der Waals surface area contributed by atoms with Crippen molar-refractivity contribution in [2.45, 2.75) is 33.9 Å².